The summed E-state index contributed by atoms with van der Waals surface area (Å²) >= 11 is 0. The van der Waals surface area contributed by atoms with Gasteiger partial charge in [-0.1, -0.05) is 19.8 Å². The van der Waals surface area contributed by atoms with Crippen molar-refractivity contribution in [1.82, 2.24) is 0 Å². The molecule has 1 aliphatic rings. The number of hydrogen-bond acceptors (Lipinski definition) is 4. The fourth-order valence-electron chi connectivity index (χ4n) is 2.94. The van der Waals surface area contributed by atoms with Crippen LogP contribution in [0.15, 0.2) is 0 Å². The average Bonchev–Trinajstić information content (AvgIpc) is 2.73. The van der Waals surface area contributed by atoms with E-state index >= 15 is 0 Å². The quantitative estimate of drug-likeness (QED) is 0.689. The highest BCUT2D eigenvalue weighted by Gasteiger charge is 2.46. The fourth-order valence-corrected chi connectivity index (χ4v) is 2.94. The van der Waals surface area contributed by atoms with Gasteiger partial charge in [-0.2, -0.15) is 0 Å². The third-order valence-corrected chi connectivity index (χ3v) is 4.09. The monoisotopic (exact) mass is 271 g/mol. The highest BCUT2D eigenvalue weighted by atomic mass is 16.5. The smallest absolute Gasteiger partial charge is 0.326 e. The molecule has 3 atom stereocenters. The van der Waals surface area contributed by atoms with Gasteiger partial charge in [0.2, 0.25) is 0 Å². The summed E-state index contributed by atoms with van der Waals surface area (Å²) in [5.41, 5.74) is 5.49. The van der Waals surface area contributed by atoms with Crippen LogP contribution in [0, 0.1) is 5.92 Å². The van der Waals surface area contributed by atoms with E-state index in [0.717, 1.165) is 38.5 Å². The van der Waals surface area contributed by atoms with Gasteiger partial charge >= 0.3 is 5.97 Å². The Hall–Kier alpha value is -0.610. The van der Waals surface area contributed by atoms with Crippen LogP contribution in [0.1, 0.15) is 59.3 Å². The molecule has 0 heterocycles. The molecule has 0 spiro atoms. The summed E-state index contributed by atoms with van der Waals surface area (Å²) in [6.07, 6.45) is 6.10. The zero-order chi connectivity index (χ0) is 14.3. The van der Waals surface area contributed by atoms with Crippen molar-refractivity contribution in [2.45, 2.75) is 70.9 Å². The van der Waals surface area contributed by atoms with E-state index in [1.807, 2.05) is 6.92 Å². The van der Waals surface area contributed by atoms with Crippen molar-refractivity contribution in [1.29, 1.82) is 0 Å². The Labute approximate surface area is 117 Å². The maximum absolute atomic E-state index is 12.0. The van der Waals surface area contributed by atoms with E-state index in [1.165, 1.54) is 0 Å². The molecule has 0 aromatic rings. The first kappa shape index (κ1) is 16.4. The zero-order valence-electron chi connectivity index (χ0n) is 12.6. The van der Waals surface area contributed by atoms with Crippen LogP contribution in [0.5, 0.6) is 0 Å². The van der Waals surface area contributed by atoms with Gasteiger partial charge in [0.05, 0.1) is 12.7 Å². The van der Waals surface area contributed by atoms with Crippen LogP contribution in [0.3, 0.4) is 0 Å². The number of hydrogen-bond donors (Lipinski definition) is 1. The second-order valence-electron chi connectivity index (χ2n) is 5.61. The molecule has 0 bridgehead atoms. The molecular formula is C15H29NO3. The first-order valence-electron chi connectivity index (χ1n) is 7.62. The van der Waals surface area contributed by atoms with Crippen molar-refractivity contribution < 1.29 is 14.3 Å². The first-order valence-corrected chi connectivity index (χ1v) is 7.62. The predicted molar refractivity (Wildman–Crippen MR) is 75.8 cm³/mol. The second kappa shape index (κ2) is 7.85. The second-order valence-corrected chi connectivity index (χ2v) is 5.61. The van der Waals surface area contributed by atoms with Crippen LogP contribution in [0.2, 0.25) is 0 Å². The largest absolute Gasteiger partial charge is 0.465 e. The Balaban J connectivity index is 2.41. The number of carbonyl (C=O) groups excluding carboxylic acids is 1. The summed E-state index contributed by atoms with van der Waals surface area (Å²) in [6, 6.07) is 0. The lowest BCUT2D eigenvalue weighted by Crippen LogP contribution is -2.52. The van der Waals surface area contributed by atoms with E-state index in [0.29, 0.717) is 19.3 Å². The Morgan fingerprint density at radius 3 is 2.84 bits per heavy atom. The number of ether oxygens (including phenoxy) is 2. The molecule has 0 saturated heterocycles. The van der Waals surface area contributed by atoms with Crippen LogP contribution in [-0.4, -0.2) is 30.8 Å². The summed E-state index contributed by atoms with van der Waals surface area (Å²) in [6.45, 7) is 7.15. The maximum Gasteiger partial charge on any atom is 0.326 e. The highest BCUT2D eigenvalue weighted by Crippen LogP contribution is 2.37. The Morgan fingerprint density at radius 1 is 1.47 bits per heavy atom. The van der Waals surface area contributed by atoms with E-state index in [1.54, 1.807) is 0 Å². The third kappa shape index (κ3) is 4.46. The molecule has 0 aromatic heterocycles. The van der Waals surface area contributed by atoms with E-state index in [2.05, 4.69) is 13.8 Å². The van der Waals surface area contributed by atoms with Gasteiger partial charge in [-0.05, 0) is 45.4 Å². The van der Waals surface area contributed by atoms with Crippen molar-refractivity contribution in [3.05, 3.63) is 0 Å². The van der Waals surface area contributed by atoms with Crippen molar-refractivity contribution in [3.8, 4) is 0 Å². The molecular weight excluding hydrogens is 242 g/mol. The Kier molecular flexibility index (Phi) is 6.80. The molecule has 1 rings (SSSR count). The van der Waals surface area contributed by atoms with Gasteiger partial charge in [0, 0.05) is 6.61 Å². The molecule has 0 aromatic carbocycles. The Bertz CT molecular complexity index is 283. The van der Waals surface area contributed by atoms with Crippen LogP contribution in [0.4, 0.5) is 0 Å². The van der Waals surface area contributed by atoms with Crippen LogP contribution < -0.4 is 5.73 Å². The molecule has 2 N–H and O–H groups in total. The number of nitrogens with two attached hydrogens (primary N) is 1. The molecule has 1 aliphatic carbocycles. The zero-order valence-corrected chi connectivity index (χ0v) is 12.6. The molecule has 112 valence electrons. The van der Waals surface area contributed by atoms with Crippen molar-refractivity contribution in [3.63, 3.8) is 0 Å². The summed E-state index contributed by atoms with van der Waals surface area (Å²) < 4.78 is 10.9. The minimum atomic E-state index is -0.784. The summed E-state index contributed by atoms with van der Waals surface area (Å²) in [4.78, 5) is 12.0. The summed E-state index contributed by atoms with van der Waals surface area (Å²) in [5.74, 6) is -0.0421. The standard InChI is InChI=1S/C15H29NO3/c1-4-7-12(3)19-11-9-13-8-6-10-15(13,16)14(17)18-5-2/h12-13H,4-11,16H2,1-3H3. The molecule has 0 aliphatic heterocycles. The molecule has 4 heteroatoms. The normalized spacial score (nSPS) is 28.3. The molecule has 0 amide bonds. The van der Waals surface area contributed by atoms with E-state index in [4.69, 9.17) is 15.2 Å². The summed E-state index contributed by atoms with van der Waals surface area (Å²) in [7, 11) is 0. The van der Waals surface area contributed by atoms with Gasteiger partial charge in [0.1, 0.15) is 5.54 Å². The first-order chi connectivity index (χ1) is 9.04. The van der Waals surface area contributed by atoms with Gasteiger partial charge in [-0.25, -0.2) is 0 Å². The minimum Gasteiger partial charge on any atom is -0.465 e. The molecule has 1 fully saturated rings. The van der Waals surface area contributed by atoms with Crippen LogP contribution >= 0.6 is 0 Å². The maximum atomic E-state index is 12.0. The van der Waals surface area contributed by atoms with E-state index < -0.39 is 5.54 Å². The lowest BCUT2D eigenvalue weighted by Gasteiger charge is -2.29. The number of carbonyl (C=O) groups is 1. The molecule has 19 heavy (non-hydrogen) atoms. The predicted octanol–water partition coefficient (Wildman–Crippen LogP) is 2.64. The molecule has 3 unspecified atom stereocenters. The number of esters is 1. The topological polar surface area (TPSA) is 61.5 Å². The van der Waals surface area contributed by atoms with Gasteiger partial charge < -0.3 is 15.2 Å². The van der Waals surface area contributed by atoms with E-state index in [-0.39, 0.29) is 11.9 Å². The fraction of sp³-hybridized carbons (Fsp3) is 0.933. The van der Waals surface area contributed by atoms with Crippen molar-refractivity contribution >= 4 is 5.97 Å². The highest BCUT2D eigenvalue weighted by molar-refractivity contribution is 5.81. The molecule has 4 nitrogen and oxygen atoms in total. The summed E-state index contributed by atoms with van der Waals surface area (Å²) in [5, 5.41) is 0. The van der Waals surface area contributed by atoms with Crippen molar-refractivity contribution in [2.75, 3.05) is 13.2 Å². The van der Waals surface area contributed by atoms with Crippen LogP contribution in [0.25, 0.3) is 0 Å². The SMILES string of the molecule is CCCC(C)OCCC1CCCC1(N)C(=O)OCC. The molecule has 1 saturated carbocycles. The van der Waals surface area contributed by atoms with Crippen molar-refractivity contribution in [2.24, 2.45) is 11.7 Å². The van der Waals surface area contributed by atoms with E-state index in [9.17, 15) is 4.79 Å². The number of rotatable bonds is 8. The van der Waals surface area contributed by atoms with Gasteiger partial charge in [0.25, 0.3) is 0 Å². The average molecular weight is 271 g/mol. The lowest BCUT2D eigenvalue weighted by atomic mass is 9.86. The van der Waals surface area contributed by atoms with Gasteiger partial charge in [-0.15, -0.1) is 0 Å². The van der Waals surface area contributed by atoms with Gasteiger partial charge in [0.15, 0.2) is 0 Å². The van der Waals surface area contributed by atoms with Crippen LogP contribution in [-0.2, 0) is 14.3 Å². The third-order valence-electron chi connectivity index (χ3n) is 4.09. The van der Waals surface area contributed by atoms with Gasteiger partial charge in [-0.3, -0.25) is 4.79 Å². The Morgan fingerprint density at radius 2 is 2.21 bits per heavy atom. The lowest BCUT2D eigenvalue weighted by molar-refractivity contribution is -0.151. The molecule has 0 radical (unpaired) electrons. The minimum absolute atomic E-state index is 0.195.